The van der Waals surface area contributed by atoms with Crippen molar-refractivity contribution in [2.45, 2.75) is 20.0 Å². The molecular weight excluding hydrogens is 398 g/mol. The molecule has 1 aromatic heterocycles. The summed E-state index contributed by atoms with van der Waals surface area (Å²) in [7, 11) is 4.14. The number of carbonyl (C=O) groups is 1. The van der Waals surface area contributed by atoms with Gasteiger partial charge in [0.1, 0.15) is 12.2 Å². The Bertz CT molecular complexity index is 1170. The molecule has 0 radical (unpaired) electrons. The fraction of sp³-hybridized carbons (Fsp3) is 0.227. The van der Waals surface area contributed by atoms with Gasteiger partial charge in [0.25, 0.3) is 11.6 Å². The van der Waals surface area contributed by atoms with Gasteiger partial charge in [-0.3, -0.25) is 19.7 Å². The van der Waals surface area contributed by atoms with Crippen molar-refractivity contribution in [1.29, 1.82) is 0 Å². The van der Waals surface area contributed by atoms with E-state index in [1.807, 2.05) is 24.3 Å². The Morgan fingerprint density at radius 2 is 1.77 bits per heavy atom. The summed E-state index contributed by atoms with van der Waals surface area (Å²) in [6, 6.07) is 15.1. The van der Waals surface area contributed by atoms with Crippen LogP contribution in [0.25, 0.3) is 5.69 Å². The van der Waals surface area contributed by atoms with Crippen LogP contribution in [0.15, 0.2) is 59.4 Å². The van der Waals surface area contributed by atoms with Crippen LogP contribution in [0.3, 0.4) is 0 Å². The number of rotatable bonds is 7. The van der Waals surface area contributed by atoms with Crippen molar-refractivity contribution in [3.8, 4) is 5.69 Å². The molecule has 0 aliphatic carbocycles. The topological polar surface area (TPSA) is 112 Å². The van der Waals surface area contributed by atoms with Crippen molar-refractivity contribution in [1.82, 2.24) is 15.1 Å². The first kappa shape index (κ1) is 21.8. The smallest absolute Gasteiger partial charge is 0.294 e. The summed E-state index contributed by atoms with van der Waals surface area (Å²) in [6.45, 7) is 2.73. The molecule has 9 nitrogen and oxygen atoms in total. The van der Waals surface area contributed by atoms with Crippen molar-refractivity contribution >= 4 is 11.6 Å². The van der Waals surface area contributed by atoms with Crippen LogP contribution in [0, 0.1) is 17.0 Å². The van der Waals surface area contributed by atoms with Crippen molar-refractivity contribution in [2.24, 2.45) is 0 Å². The number of carbonyl (C=O) groups excluding carboxylic acids is 1. The zero-order valence-corrected chi connectivity index (χ0v) is 17.6. The molecule has 0 fully saturated rings. The molecule has 160 valence electrons. The molecule has 2 aromatic carbocycles. The van der Waals surface area contributed by atoms with Crippen LogP contribution in [0.2, 0.25) is 0 Å². The maximum atomic E-state index is 12.6. The summed E-state index contributed by atoms with van der Waals surface area (Å²) in [5.41, 5.74) is 1.59. The van der Waals surface area contributed by atoms with Crippen molar-refractivity contribution in [2.75, 3.05) is 14.1 Å². The molecule has 3 aromatic rings. The number of nitro groups is 1. The van der Waals surface area contributed by atoms with Gasteiger partial charge in [-0.05, 0) is 18.6 Å². The number of aryl methyl sites for hydroxylation is 1. The highest BCUT2D eigenvalue weighted by atomic mass is 16.6. The summed E-state index contributed by atoms with van der Waals surface area (Å²) in [5.74, 6) is -0.640. The summed E-state index contributed by atoms with van der Waals surface area (Å²) >= 11 is 0. The van der Waals surface area contributed by atoms with Crippen LogP contribution in [-0.2, 0) is 13.1 Å². The van der Waals surface area contributed by atoms with Crippen LogP contribution < -0.4 is 15.6 Å². The molecule has 0 unspecified atom stereocenters. The second kappa shape index (κ2) is 9.31. The van der Waals surface area contributed by atoms with Gasteiger partial charge in [0.05, 0.1) is 19.0 Å². The van der Waals surface area contributed by atoms with E-state index >= 15 is 0 Å². The predicted molar refractivity (Wildman–Crippen MR) is 115 cm³/mol. The van der Waals surface area contributed by atoms with Gasteiger partial charge in [-0.1, -0.05) is 36.4 Å². The lowest BCUT2D eigenvalue weighted by molar-refractivity contribution is -0.872. The van der Waals surface area contributed by atoms with Crippen molar-refractivity contribution in [3.05, 3.63) is 97.4 Å². The van der Waals surface area contributed by atoms with Gasteiger partial charge in [0.2, 0.25) is 5.43 Å². The lowest BCUT2D eigenvalue weighted by atomic mass is 10.1. The zero-order chi connectivity index (χ0) is 22.5. The summed E-state index contributed by atoms with van der Waals surface area (Å²) < 4.78 is 1.24. The Morgan fingerprint density at radius 3 is 2.42 bits per heavy atom. The molecule has 1 amide bonds. The van der Waals surface area contributed by atoms with Gasteiger partial charge in [0, 0.05) is 29.9 Å². The second-order valence-corrected chi connectivity index (χ2v) is 7.54. The number of benzene rings is 2. The lowest BCUT2D eigenvalue weighted by Gasteiger charge is -2.12. The van der Waals surface area contributed by atoms with E-state index < -0.39 is 16.3 Å². The average Bonchev–Trinajstić information content (AvgIpc) is 2.72. The summed E-state index contributed by atoms with van der Waals surface area (Å²) in [6.07, 6.45) is 0. The maximum Gasteiger partial charge on any atom is 0.294 e. The van der Waals surface area contributed by atoms with E-state index in [0.717, 1.165) is 12.1 Å². The number of nitrogens with one attached hydrogen (secondary N) is 2. The van der Waals surface area contributed by atoms with Gasteiger partial charge in [-0.2, -0.15) is 5.10 Å². The van der Waals surface area contributed by atoms with Crippen molar-refractivity contribution < 1.29 is 14.6 Å². The highest BCUT2D eigenvalue weighted by molar-refractivity contribution is 5.92. The third-order valence-corrected chi connectivity index (χ3v) is 4.66. The Hall–Kier alpha value is -3.85. The number of para-hydroxylation sites is 2. The van der Waals surface area contributed by atoms with E-state index in [1.54, 1.807) is 13.0 Å². The highest BCUT2D eigenvalue weighted by Crippen LogP contribution is 2.22. The van der Waals surface area contributed by atoms with Gasteiger partial charge in [-0.15, -0.1) is 0 Å². The Kier molecular flexibility index (Phi) is 6.56. The van der Waals surface area contributed by atoms with Crippen LogP contribution in [0.1, 0.15) is 27.3 Å². The molecule has 3 rings (SSSR count). The number of nitrogens with zero attached hydrogens (tertiary/aromatic N) is 3. The minimum absolute atomic E-state index is 0.173. The molecule has 0 spiro atoms. The molecule has 0 atom stereocenters. The number of hydrogen-bond acceptors (Lipinski definition) is 5. The van der Waals surface area contributed by atoms with E-state index in [4.69, 9.17) is 0 Å². The summed E-state index contributed by atoms with van der Waals surface area (Å²) in [4.78, 5) is 37.1. The number of aromatic nitrogens is 2. The first-order chi connectivity index (χ1) is 14.8. The molecule has 1 heterocycles. The predicted octanol–water partition coefficient (Wildman–Crippen LogP) is 1.02. The number of quaternary nitrogens is 1. The summed E-state index contributed by atoms with van der Waals surface area (Å²) in [5, 5.41) is 18.2. The first-order valence-electron chi connectivity index (χ1n) is 9.76. The quantitative estimate of drug-likeness (QED) is 0.436. The van der Waals surface area contributed by atoms with Gasteiger partial charge >= 0.3 is 0 Å². The number of hydrogen-bond donors (Lipinski definition) is 2. The second-order valence-electron chi connectivity index (χ2n) is 7.54. The molecule has 0 bridgehead atoms. The third-order valence-electron chi connectivity index (χ3n) is 4.66. The fourth-order valence-electron chi connectivity index (χ4n) is 3.20. The fourth-order valence-corrected chi connectivity index (χ4v) is 3.20. The molecule has 0 aliphatic heterocycles. The minimum Gasteiger partial charge on any atom is -0.346 e. The van der Waals surface area contributed by atoms with E-state index in [-0.39, 0.29) is 23.6 Å². The van der Waals surface area contributed by atoms with Crippen LogP contribution in [0.5, 0.6) is 0 Å². The van der Waals surface area contributed by atoms with Crippen LogP contribution in [0.4, 0.5) is 5.69 Å². The Labute approximate surface area is 179 Å². The van der Waals surface area contributed by atoms with Gasteiger partial charge in [-0.25, -0.2) is 4.68 Å². The van der Waals surface area contributed by atoms with E-state index in [2.05, 4.69) is 24.5 Å². The molecule has 2 N–H and O–H groups in total. The Balaban J connectivity index is 1.83. The normalized spacial score (nSPS) is 10.8. The van der Waals surface area contributed by atoms with Crippen LogP contribution in [-0.4, -0.2) is 34.7 Å². The average molecular weight is 422 g/mol. The standard InChI is InChI=1S/C22H23N5O4/c1-15-12-20(28)21(24-26(15)18-6-4-5-7-19(18)27(30)31)22(29)23-13-16-8-10-17(11-9-16)14-25(2)3/h4-12H,13-14H2,1-3H3,(H,23,29)/p+1. The highest BCUT2D eigenvalue weighted by Gasteiger charge is 2.20. The van der Waals surface area contributed by atoms with E-state index in [0.29, 0.717) is 5.69 Å². The van der Waals surface area contributed by atoms with Gasteiger partial charge < -0.3 is 10.2 Å². The molecule has 9 heteroatoms. The molecule has 0 aliphatic rings. The SMILES string of the molecule is Cc1cc(=O)c(C(=O)NCc2ccc(C[NH+](C)C)cc2)nn1-c1ccccc1[N+](=O)[O-]. The molecule has 0 saturated heterocycles. The van der Waals surface area contributed by atoms with Gasteiger partial charge in [0.15, 0.2) is 5.69 Å². The van der Waals surface area contributed by atoms with E-state index in [1.165, 1.54) is 39.4 Å². The first-order valence-corrected chi connectivity index (χ1v) is 9.76. The minimum atomic E-state index is -0.640. The van der Waals surface area contributed by atoms with Crippen LogP contribution >= 0.6 is 0 Å². The molecule has 0 saturated carbocycles. The maximum absolute atomic E-state index is 12.6. The monoisotopic (exact) mass is 422 g/mol. The third kappa shape index (κ3) is 5.20. The lowest BCUT2D eigenvalue weighted by Crippen LogP contribution is -3.04. The Morgan fingerprint density at radius 1 is 1.13 bits per heavy atom. The van der Waals surface area contributed by atoms with Crippen molar-refractivity contribution in [3.63, 3.8) is 0 Å². The number of amides is 1. The molecule has 31 heavy (non-hydrogen) atoms. The number of nitro benzene ring substituents is 1. The van der Waals surface area contributed by atoms with E-state index in [9.17, 15) is 19.7 Å². The largest absolute Gasteiger partial charge is 0.346 e. The zero-order valence-electron chi connectivity index (χ0n) is 17.6. The molecular formula is C22H24N5O4+.